The first-order chi connectivity index (χ1) is 70.5. The molecule has 3 rings (SSSR count). The third kappa shape index (κ3) is 47.6. The van der Waals surface area contributed by atoms with Crippen molar-refractivity contribution in [2.45, 2.75) is 259 Å². The van der Waals surface area contributed by atoms with E-state index in [0.717, 1.165) is 26.0 Å². The zero-order chi connectivity index (χ0) is 113. The number of carboxylic acids is 3. The fraction of sp³-hybridized carbons (Fsp3) is 0.562. The number of primary amides is 2. The number of H-pyrrole nitrogens is 1. The Balaban J connectivity index is 1.92. The summed E-state index contributed by atoms with van der Waals surface area (Å²) in [6, 6.07) is -21.9. The first-order valence-electron chi connectivity index (χ1n) is 47.2. The number of hydrogen-bond donors (Lipinski definition) is 38. The number of phenolic OH excluding ortho intramolecular Hbond substituents is 2. The number of aliphatic hydroxyl groups is 5. The Morgan fingerprint density at radius 3 is 1.11 bits per heavy atom. The number of nitrogens with zero attached hydrogens (tertiary/aromatic N) is 1. The van der Waals surface area contributed by atoms with Gasteiger partial charge in [-0.1, -0.05) is 52.0 Å². The van der Waals surface area contributed by atoms with Crippen LogP contribution < -0.4 is 135 Å². The molecular formula is C89H139N29O32. The molecule has 150 heavy (non-hydrogen) atoms. The number of carboxylic acid groups (broad SMARTS) is 3. The van der Waals surface area contributed by atoms with Crippen LogP contribution >= 0.6 is 0 Å². The summed E-state index contributed by atoms with van der Waals surface area (Å²) in [5.41, 5.74) is 33.9. The second kappa shape index (κ2) is 65.4. The topological polar surface area (TPSA) is 1040 Å². The Kier molecular flexibility index (Phi) is 55.9. The van der Waals surface area contributed by atoms with Crippen molar-refractivity contribution < 1.29 is 157 Å². The Hall–Kier alpha value is -16.1. The van der Waals surface area contributed by atoms with Crippen LogP contribution in [-0.4, -0.2) is 364 Å². The van der Waals surface area contributed by atoms with Gasteiger partial charge in [-0.15, -0.1) is 0 Å². The highest BCUT2D eigenvalue weighted by Crippen LogP contribution is 2.18. The summed E-state index contributed by atoms with van der Waals surface area (Å²) in [5.74, 6) is -32.1. The number of carbonyl (C=O) groups is 22. The Morgan fingerprint density at radius 2 is 0.707 bits per heavy atom. The molecular weight excluding hydrogens is 1990 g/mol. The molecule has 0 aliphatic heterocycles. The van der Waals surface area contributed by atoms with Crippen LogP contribution in [0.3, 0.4) is 0 Å². The van der Waals surface area contributed by atoms with Gasteiger partial charge in [0.2, 0.25) is 112 Å². The SMILES string of the molecule is CC(C)C[C@H](NC(=O)[C@H](Cc1ccc(O)cc1)NC(=O)[C@H](CCCCN)NC(=O)[C@H](CO)NC(=O)[C@@H](NC(=O)[C@H](CC(=O)O)NC(=O)[C@H](CC(N)=O)NC(=O)[C@@H](NC(=O)[C@H](Cc1ccc(O)cc1)NC(=O)[C@@H](NC(=O)CNC(=O)[C@H](CCC(N)=O)NC(=O)[C@@H](CO)NC(=O)[C@@H](N)Cc1c[nH]cn1)[C@@H](C)O)[C@@H](C)O)C(C)C)C(=O)N[C@@H](CC(=O)O)C(=O)N[C@@H](CO)C(=O)N[C@@H](CCCNC(=N)N)C(=O)N[C@@H](CCCNC(=N)N)C(=O)O. The summed E-state index contributed by atoms with van der Waals surface area (Å²) in [6.07, 6.45) is -7.82. The number of nitrogens with one attached hydrogen (secondary N) is 22. The summed E-state index contributed by atoms with van der Waals surface area (Å²) < 4.78 is 0. The van der Waals surface area contributed by atoms with Gasteiger partial charge in [-0.3, -0.25) is 112 Å². The smallest absolute Gasteiger partial charge is 0.326 e. The molecule has 19 atom stereocenters. The number of carbonyl (C=O) groups excluding carboxylic acids is 19. The lowest BCUT2D eigenvalue weighted by molar-refractivity contribution is -0.143. The molecule has 44 N–H and O–H groups in total. The number of phenols is 2. The van der Waals surface area contributed by atoms with Crippen molar-refractivity contribution in [1.82, 2.24) is 111 Å². The number of amides is 19. The largest absolute Gasteiger partial charge is 0.508 e. The Labute approximate surface area is 857 Å². The molecule has 0 unspecified atom stereocenters. The minimum atomic E-state index is -2.28. The predicted molar refractivity (Wildman–Crippen MR) is 522 cm³/mol. The van der Waals surface area contributed by atoms with Gasteiger partial charge in [-0.05, 0) is 125 Å². The van der Waals surface area contributed by atoms with Crippen molar-refractivity contribution in [3.63, 3.8) is 0 Å². The summed E-state index contributed by atoms with van der Waals surface area (Å²) in [6.45, 7) is 3.16. The highest BCUT2D eigenvalue weighted by Gasteiger charge is 2.42. The monoisotopic (exact) mass is 2130 g/mol. The van der Waals surface area contributed by atoms with Gasteiger partial charge in [0.05, 0.1) is 75.9 Å². The van der Waals surface area contributed by atoms with Crippen LogP contribution in [0.25, 0.3) is 0 Å². The van der Waals surface area contributed by atoms with Gasteiger partial charge < -0.3 is 191 Å². The van der Waals surface area contributed by atoms with Gasteiger partial charge in [0, 0.05) is 45.0 Å². The first kappa shape index (κ1) is 128. The third-order valence-corrected chi connectivity index (χ3v) is 22.1. The molecule has 0 saturated carbocycles. The van der Waals surface area contributed by atoms with E-state index >= 15 is 0 Å². The number of aromatic amines is 1. The molecule has 19 amide bonds. The number of aromatic nitrogens is 2. The van der Waals surface area contributed by atoms with E-state index in [4.69, 9.17) is 45.2 Å². The normalized spacial score (nSPS) is 14.9. The molecule has 0 radical (unpaired) electrons. The van der Waals surface area contributed by atoms with E-state index in [1.807, 2.05) is 5.32 Å². The van der Waals surface area contributed by atoms with Crippen molar-refractivity contribution in [2.75, 3.05) is 46.0 Å². The van der Waals surface area contributed by atoms with E-state index in [1.165, 1.54) is 62.8 Å². The maximum Gasteiger partial charge on any atom is 0.326 e. The summed E-state index contributed by atoms with van der Waals surface area (Å²) >= 11 is 0. The summed E-state index contributed by atoms with van der Waals surface area (Å²) in [5, 5.41) is 161. The molecule has 1 aromatic heterocycles. The predicted octanol–water partition coefficient (Wildman–Crippen LogP) is -14.7. The van der Waals surface area contributed by atoms with Crippen LogP contribution in [-0.2, 0) is 125 Å². The fourth-order valence-electron chi connectivity index (χ4n) is 14.1. The van der Waals surface area contributed by atoms with Crippen molar-refractivity contribution in [2.24, 2.45) is 46.2 Å². The summed E-state index contributed by atoms with van der Waals surface area (Å²) in [4.78, 5) is 307. The fourth-order valence-corrected chi connectivity index (χ4v) is 14.1. The molecule has 0 spiro atoms. The number of imidazole rings is 1. The highest BCUT2D eigenvalue weighted by molar-refractivity contribution is 6.03. The molecule has 3 aromatic rings. The van der Waals surface area contributed by atoms with Crippen molar-refractivity contribution in [3.8, 4) is 11.5 Å². The number of unbranched alkanes of at least 4 members (excludes halogenated alkanes) is 1. The maximum atomic E-state index is 14.8. The van der Waals surface area contributed by atoms with Crippen LogP contribution in [0.2, 0.25) is 0 Å². The van der Waals surface area contributed by atoms with Gasteiger partial charge in [0.15, 0.2) is 11.9 Å². The minimum absolute atomic E-state index is 0.0123. The van der Waals surface area contributed by atoms with Gasteiger partial charge in [-0.2, -0.15) is 0 Å². The van der Waals surface area contributed by atoms with Gasteiger partial charge in [0.25, 0.3) is 0 Å². The number of guanidine groups is 2. The number of aromatic hydroxyl groups is 2. The molecule has 0 aliphatic rings. The Bertz CT molecular complexity index is 5120. The van der Waals surface area contributed by atoms with E-state index in [0.29, 0.717) is 5.69 Å². The minimum Gasteiger partial charge on any atom is -0.508 e. The standard InChI is InChI=1S/C89H139N29O32/c1-40(2)27-54(75(137)109-58(32-66(129)130)78(140)114-61(37-120)82(144)104-51(12-9-25-99-88(94)95)73(135)106-53(87(149)150)13-10-26-100-89(96)97)107-76(138)55(28-44-14-18-47(124)19-15-44)108-74(136)50(11-7-8-24-90)103-83(145)62(38-121)115-84(146)68(41(3)4)117-80(142)59(33-67(131)132)110-77(139)57(31-64(93)127)112-86(148)70(43(6)123)118-79(141)56(29-45-16-20-48(125)21-17-45)111-85(147)69(42(5)122)116-65(128)35-101-72(134)52(22-23-63(92)126)105-81(143)60(36-119)113-71(133)49(91)30-46-34-98-39-102-46/h14-21,34,39-43,49-62,68-70,119-125H,7-13,22-33,35-38,90-91H2,1-6H3,(H2,92,126)(H2,93,127)(H,98,102)(H,101,134)(H,103,145)(H,104,144)(H,105,143)(H,106,135)(H,107,138)(H,108,136)(H,109,137)(H,110,139)(H,111,147)(H,112,148)(H,113,133)(H,114,140)(H,115,146)(H,116,128)(H,117,142)(H,118,141)(H,129,130)(H,131,132)(H,149,150)(H4,94,95,99)(H4,96,97,100)/t42-,43-,49+,50+,51+,52+,53+,54+,55+,56+,57+,58+,59+,60-,61+,62+,68+,69+,70+/m1/s1. The molecule has 2 aromatic carbocycles. The van der Waals surface area contributed by atoms with Gasteiger partial charge >= 0.3 is 17.9 Å². The molecule has 0 bridgehead atoms. The molecule has 0 aliphatic carbocycles. The zero-order valence-electron chi connectivity index (χ0n) is 83.0. The molecule has 61 heteroatoms. The number of aliphatic carboxylic acids is 3. The van der Waals surface area contributed by atoms with Crippen molar-refractivity contribution in [1.29, 1.82) is 10.8 Å². The van der Waals surface area contributed by atoms with Crippen molar-refractivity contribution in [3.05, 3.63) is 77.9 Å². The lowest BCUT2D eigenvalue weighted by atomic mass is 10.00. The van der Waals surface area contributed by atoms with Crippen LogP contribution in [0.4, 0.5) is 0 Å². The lowest BCUT2D eigenvalue weighted by Crippen LogP contribution is -2.63. The van der Waals surface area contributed by atoms with Crippen molar-refractivity contribution >= 4 is 142 Å². The zero-order valence-corrected chi connectivity index (χ0v) is 83.0. The number of aliphatic hydroxyl groups excluding tert-OH is 5. The number of rotatable bonds is 70. The second-order valence-corrected chi connectivity index (χ2v) is 35.5. The number of nitrogens with two attached hydrogens (primary N) is 6. The molecule has 1 heterocycles. The average Bonchev–Trinajstić information content (AvgIpc) is 0.892. The maximum absolute atomic E-state index is 14.8. The van der Waals surface area contributed by atoms with E-state index in [-0.39, 0.29) is 100 Å². The van der Waals surface area contributed by atoms with Crippen LogP contribution in [0.1, 0.15) is 142 Å². The lowest BCUT2D eigenvalue weighted by Gasteiger charge is -2.29. The van der Waals surface area contributed by atoms with E-state index in [9.17, 15) is 157 Å². The van der Waals surface area contributed by atoms with Crippen LogP contribution in [0.15, 0.2) is 61.1 Å². The van der Waals surface area contributed by atoms with Gasteiger partial charge in [0.1, 0.15) is 108 Å². The van der Waals surface area contributed by atoms with Crippen LogP contribution in [0, 0.1) is 22.7 Å². The molecule has 832 valence electrons. The van der Waals surface area contributed by atoms with E-state index in [1.54, 1.807) is 13.8 Å². The number of hydrogen-bond acceptors (Lipinski definition) is 34. The second-order valence-electron chi connectivity index (χ2n) is 35.5. The molecule has 0 fully saturated rings. The van der Waals surface area contributed by atoms with Crippen LogP contribution in [0.5, 0.6) is 11.5 Å². The average molecular weight is 2130 g/mol. The summed E-state index contributed by atoms with van der Waals surface area (Å²) in [7, 11) is 0. The van der Waals surface area contributed by atoms with Gasteiger partial charge in [-0.25, -0.2) is 9.78 Å². The molecule has 0 saturated heterocycles. The first-order valence-corrected chi connectivity index (χ1v) is 47.2. The van der Waals surface area contributed by atoms with E-state index < -0.39 is 340 Å². The quantitative estimate of drug-likeness (QED) is 0.0142. The van der Waals surface area contributed by atoms with E-state index in [2.05, 4.69) is 106 Å². The number of benzene rings is 2. The molecule has 61 nitrogen and oxygen atoms in total. The third-order valence-electron chi connectivity index (χ3n) is 22.1. The Morgan fingerprint density at radius 1 is 0.367 bits per heavy atom. The highest BCUT2D eigenvalue weighted by atomic mass is 16.4.